The average Bonchev–Trinajstić information content (AvgIpc) is 2.92. The van der Waals surface area contributed by atoms with E-state index in [1.165, 1.54) is 19.0 Å². The second-order valence-corrected chi connectivity index (χ2v) is 3.45. The highest BCUT2D eigenvalue weighted by Gasteiger charge is 2.19. The topological polar surface area (TPSA) is 24.9 Å². The fourth-order valence-electron chi connectivity index (χ4n) is 1.31. The third kappa shape index (κ3) is 2.49. The molecule has 0 unspecified atom stereocenters. The molecule has 3 heteroatoms. The molecule has 0 atom stereocenters. The summed E-state index contributed by atoms with van der Waals surface area (Å²) in [4.78, 5) is 3.71. The maximum Gasteiger partial charge on any atom is 0.144 e. The fraction of sp³-hybridized carbons (Fsp3) is 0.500. The van der Waals surface area contributed by atoms with Crippen molar-refractivity contribution in [1.29, 1.82) is 0 Å². The summed E-state index contributed by atoms with van der Waals surface area (Å²) in [5.74, 6) is -0.194. The van der Waals surface area contributed by atoms with Gasteiger partial charge in [0, 0.05) is 12.2 Å². The quantitative estimate of drug-likeness (QED) is 0.759. The van der Waals surface area contributed by atoms with Crippen LogP contribution in [-0.2, 0) is 6.42 Å². The fourth-order valence-corrected chi connectivity index (χ4v) is 1.31. The highest BCUT2D eigenvalue weighted by atomic mass is 19.1. The molecule has 1 heterocycles. The first kappa shape index (κ1) is 8.63. The number of hydrogen-bond donors (Lipinski definition) is 1. The summed E-state index contributed by atoms with van der Waals surface area (Å²) in [5.41, 5.74) is 0.753. The van der Waals surface area contributed by atoms with Gasteiger partial charge in [0.2, 0.25) is 0 Å². The molecule has 0 amide bonds. The van der Waals surface area contributed by atoms with Crippen LogP contribution in [0.25, 0.3) is 0 Å². The van der Waals surface area contributed by atoms with E-state index in [2.05, 4.69) is 10.3 Å². The predicted molar refractivity (Wildman–Crippen MR) is 48.9 cm³/mol. The van der Waals surface area contributed by atoms with Crippen LogP contribution in [0.2, 0.25) is 0 Å². The molecule has 1 saturated carbocycles. The highest BCUT2D eigenvalue weighted by molar-refractivity contribution is 5.12. The molecule has 2 nitrogen and oxygen atoms in total. The molecule has 1 aliphatic carbocycles. The lowest BCUT2D eigenvalue weighted by molar-refractivity contribution is 0.591. The maximum atomic E-state index is 13.0. The van der Waals surface area contributed by atoms with Crippen LogP contribution in [0.1, 0.15) is 18.4 Å². The van der Waals surface area contributed by atoms with Gasteiger partial charge in [-0.05, 0) is 37.4 Å². The molecule has 0 spiro atoms. The Morgan fingerprint density at radius 3 is 3.08 bits per heavy atom. The van der Waals surface area contributed by atoms with Crippen LogP contribution in [0, 0.1) is 5.82 Å². The first-order chi connectivity index (χ1) is 6.36. The van der Waals surface area contributed by atoms with Crippen LogP contribution in [0.15, 0.2) is 18.5 Å². The van der Waals surface area contributed by atoms with Crippen LogP contribution < -0.4 is 5.32 Å². The van der Waals surface area contributed by atoms with Gasteiger partial charge in [-0.2, -0.15) is 0 Å². The van der Waals surface area contributed by atoms with Crippen molar-refractivity contribution in [3.63, 3.8) is 0 Å². The first-order valence-corrected chi connectivity index (χ1v) is 4.68. The lowest BCUT2D eigenvalue weighted by Crippen LogP contribution is -2.19. The van der Waals surface area contributed by atoms with Crippen molar-refractivity contribution < 1.29 is 4.39 Å². The number of rotatable bonds is 4. The van der Waals surface area contributed by atoms with Gasteiger partial charge in [-0.1, -0.05) is 0 Å². The van der Waals surface area contributed by atoms with Crippen molar-refractivity contribution in [1.82, 2.24) is 10.3 Å². The number of nitrogens with zero attached hydrogens (tertiary/aromatic N) is 1. The number of nitrogens with one attached hydrogen (secondary N) is 1. The van der Waals surface area contributed by atoms with E-state index in [1.807, 2.05) is 0 Å². The molecule has 0 bridgehead atoms. The predicted octanol–water partition coefficient (Wildman–Crippen LogP) is 1.52. The summed E-state index contributed by atoms with van der Waals surface area (Å²) in [6.07, 6.45) is 6.21. The zero-order valence-corrected chi connectivity index (χ0v) is 7.46. The summed E-state index contributed by atoms with van der Waals surface area (Å²) in [6.45, 7) is 0.867. The van der Waals surface area contributed by atoms with E-state index in [-0.39, 0.29) is 5.82 Å². The van der Waals surface area contributed by atoms with Gasteiger partial charge in [-0.25, -0.2) is 4.39 Å². The van der Waals surface area contributed by atoms with E-state index in [1.54, 1.807) is 12.3 Å². The zero-order valence-electron chi connectivity index (χ0n) is 7.46. The standard InChI is InChI=1S/C10H13FN2/c11-10-7-12-5-3-8(10)4-6-13-9-1-2-9/h3,5,7,9,13H,1-2,4,6H2. The molecule has 0 radical (unpaired) electrons. The van der Waals surface area contributed by atoms with E-state index in [9.17, 15) is 4.39 Å². The Labute approximate surface area is 77.2 Å². The number of hydrogen-bond acceptors (Lipinski definition) is 2. The maximum absolute atomic E-state index is 13.0. The summed E-state index contributed by atoms with van der Waals surface area (Å²) in [7, 11) is 0. The molecule has 0 aromatic carbocycles. The molecular formula is C10H13FN2. The minimum atomic E-state index is -0.194. The third-order valence-electron chi connectivity index (χ3n) is 2.26. The minimum absolute atomic E-state index is 0.194. The Bertz CT molecular complexity index is 284. The normalized spacial score (nSPS) is 16.1. The van der Waals surface area contributed by atoms with Gasteiger partial charge in [0.1, 0.15) is 5.82 Å². The molecule has 70 valence electrons. The Morgan fingerprint density at radius 2 is 2.38 bits per heavy atom. The Kier molecular flexibility index (Phi) is 2.54. The Hall–Kier alpha value is -0.960. The van der Waals surface area contributed by atoms with E-state index < -0.39 is 0 Å². The van der Waals surface area contributed by atoms with Crippen molar-refractivity contribution in [2.75, 3.05) is 6.54 Å². The summed E-state index contributed by atoms with van der Waals surface area (Å²) >= 11 is 0. The van der Waals surface area contributed by atoms with E-state index in [0.717, 1.165) is 18.5 Å². The van der Waals surface area contributed by atoms with Crippen molar-refractivity contribution in [2.24, 2.45) is 0 Å². The summed E-state index contributed by atoms with van der Waals surface area (Å²) < 4.78 is 13.0. The van der Waals surface area contributed by atoms with Crippen LogP contribution >= 0.6 is 0 Å². The Balaban J connectivity index is 1.82. The highest BCUT2D eigenvalue weighted by Crippen LogP contribution is 2.18. The third-order valence-corrected chi connectivity index (χ3v) is 2.26. The lowest BCUT2D eigenvalue weighted by atomic mass is 10.2. The lowest BCUT2D eigenvalue weighted by Gasteiger charge is -2.03. The van der Waals surface area contributed by atoms with Crippen molar-refractivity contribution in [2.45, 2.75) is 25.3 Å². The summed E-state index contributed by atoms with van der Waals surface area (Å²) in [5, 5.41) is 3.35. The monoisotopic (exact) mass is 180 g/mol. The van der Waals surface area contributed by atoms with Gasteiger partial charge in [0.15, 0.2) is 0 Å². The second kappa shape index (κ2) is 3.83. The number of halogens is 1. The molecule has 2 rings (SSSR count). The van der Waals surface area contributed by atoms with Crippen molar-refractivity contribution in [3.8, 4) is 0 Å². The second-order valence-electron chi connectivity index (χ2n) is 3.45. The van der Waals surface area contributed by atoms with Gasteiger partial charge in [0.25, 0.3) is 0 Å². The van der Waals surface area contributed by atoms with Crippen molar-refractivity contribution >= 4 is 0 Å². The van der Waals surface area contributed by atoms with Gasteiger partial charge in [-0.15, -0.1) is 0 Å². The molecule has 0 saturated heterocycles. The van der Waals surface area contributed by atoms with Crippen molar-refractivity contribution in [3.05, 3.63) is 29.8 Å². The number of aromatic nitrogens is 1. The minimum Gasteiger partial charge on any atom is -0.314 e. The van der Waals surface area contributed by atoms with Crippen LogP contribution in [-0.4, -0.2) is 17.6 Å². The Morgan fingerprint density at radius 1 is 1.54 bits per heavy atom. The molecular weight excluding hydrogens is 167 g/mol. The van der Waals surface area contributed by atoms with Gasteiger partial charge >= 0.3 is 0 Å². The van der Waals surface area contributed by atoms with E-state index in [0.29, 0.717) is 6.04 Å². The van der Waals surface area contributed by atoms with E-state index in [4.69, 9.17) is 0 Å². The SMILES string of the molecule is Fc1cnccc1CCNC1CC1. The molecule has 1 N–H and O–H groups in total. The van der Waals surface area contributed by atoms with E-state index >= 15 is 0 Å². The molecule has 1 aromatic rings. The zero-order chi connectivity index (χ0) is 9.10. The van der Waals surface area contributed by atoms with Gasteiger partial charge in [0.05, 0.1) is 6.20 Å². The molecule has 1 fully saturated rings. The van der Waals surface area contributed by atoms with Crippen LogP contribution in [0.3, 0.4) is 0 Å². The molecule has 1 aliphatic rings. The van der Waals surface area contributed by atoms with Gasteiger partial charge in [-0.3, -0.25) is 4.98 Å². The van der Waals surface area contributed by atoms with Crippen LogP contribution in [0.5, 0.6) is 0 Å². The van der Waals surface area contributed by atoms with Crippen LogP contribution in [0.4, 0.5) is 4.39 Å². The molecule has 13 heavy (non-hydrogen) atoms. The molecule has 1 aromatic heterocycles. The smallest absolute Gasteiger partial charge is 0.144 e. The first-order valence-electron chi connectivity index (χ1n) is 4.68. The summed E-state index contributed by atoms with van der Waals surface area (Å²) in [6, 6.07) is 2.44. The largest absolute Gasteiger partial charge is 0.314 e. The molecule has 0 aliphatic heterocycles. The average molecular weight is 180 g/mol. The number of pyridine rings is 1. The van der Waals surface area contributed by atoms with Gasteiger partial charge < -0.3 is 5.32 Å².